The minimum atomic E-state index is -0.453. The van der Waals surface area contributed by atoms with Crippen LogP contribution >= 0.6 is 12.2 Å². The summed E-state index contributed by atoms with van der Waals surface area (Å²) in [4.78, 5) is 22.9. The zero-order chi connectivity index (χ0) is 12.7. The third kappa shape index (κ3) is 5.26. The quantitative estimate of drug-likeness (QED) is 0.512. The van der Waals surface area contributed by atoms with E-state index in [9.17, 15) is 9.59 Å². The number of hydrogen-bond donors (Lipinski definition) is 2. The second-order valence-corrected chi connectivity index (χ2v) is 4.83. The molecule has 1 heterocycles. The van der Waals surface area contributed by atoms with Gasteiger partial charge < -0.3 is 10.6 Å². The van der Waals surface area contributed by atoms with E-state index in [4.69, 9.17) is 12.2 Å². The van der Waals surface area contributed by atoms with Gasteiger partial charge in [-0.05, 0) is 18.6 Å². The van der Waals surface area contributed by atoms with Crippen molar-refractivity contribution in [3.8, 4) is 0 Å². The molecule has 0 spiro atoms. The maximum Gasteiger partial charge on any atom is 0.249 e. The van der Waals surface area contributed by atoms with Gasteiger partial charge in [0.15, 0.2) is 5.11 Å². The van der Waals surface area contributed by atoms with Crippen LogP contribution in [0.1, 0.15) is 51.9 Å². The van der Waals surface area contributed by atoms with Crippen molar-refractivity contribution in [3.05, 3.63) is 0 Å². The molecule has 1 saturated heterocycles. The van der Waals surface area contributed by atoms with Crippen LogP contribution in [0.25, 0.3) is 0 Å². The van der Waals surface area contributed by atoms with E-state index in [1.807, 2.05) is 0 Å². The molecule has 1 aliphatic heterocycles. The van der Waals surface area contributed by atoms with Crippen LogP contribution in [-0.4, -0.2) is 22.8 Å². The van der Waals surface area contributed by atoms with Gasteiger partial charge in [-0.2, -0.15) is 0 Å². The number of Topliss-reactive ketones (excluding diaryl/α,β-unsaturated/α-hetero) is 1. The second kappa shape index (κ2) is 7.37. The van der Waals surface area contributed by atoms with Crippen LogP contribution in [0, 0.1) is 0 Å². The number of amides is 1. The minimum absolute atomic E-state index is 0.138. The van der Waals surface area contributed by atoms with Gasteiger partial charge in [0.2, 0.25) is 5.91 Å². The molecule has 1 aliphatic rings. The standard InChI is InChI=1S/C12H20N2O2S/c1-2-3-4-5-6-7-9(15)8-10-11(16)14-12(17)13-10/h10H,2-8H2,1H3,(H2,13,14,16,17). The van der Waals surface area contributed by atoms with Crippen molar-refractivity contribution in [2.45, 2.75) is 57.9 Å². The number of nitrogens with one attached hydrogen (secondary N) is 2. The Morgan fingerprint density at radius 2 is 2.00 bits per heavy atom. The van der Waals surface area contributed by atoms with Crippen LogP contribution in [0.4, 0.5) is 0 Å². The monoisotopic (exact) mass is 256 g/mol. The molecule has 17 heavy (non-hydrogen) atoms. The molecule has 0 radical (unpaired) electrons. The highest BCUT2D eigenvalue weighted by Crippen LogP contribution is 2.08. The number of carbonyl (C=O) groups excluding carboxylic acids is 2. The molecule has 0 aromatic carbocycles. The topological polar surface area (TPSA) is 58.2 Å². The van der Waals surface area contributed by atoms with Crippen molar-refractivity contribution in [1.29, 1.82) is 0 Å². The first-order valence-corrected chi connectivity index (χ1v) is 6.67. The zero-order valence-electron chi connectivity index (χ0n) is 10.3. The van der Waals surface area contributed by atoms with Crippen molar-refractivity contribution in [2.75, 3.05) is 0 Å². The molecule has 0 aliphatic carbocycles. The lowest BCUT2D eigenvalue weighted by molar-refractivity contribution is -0.125. The van der Waals surface area contributed by atoms with Gasteiger partial charge in [0, 0.05) is 12.8 Å². The summed E-state index contributed by atoms with van der Waals surface area (Å²) >= 11 is 4.81. The van der Waals surface area contributed by atoms with Crippen molar-refractivity contribution < 1.29 is 9.59 Å². The number of unbranched alkanes of at least 4 members (excludes halogenated alkanes) is 4. The Labute approximate surface area is 108 Å². The van der Waals surface area contributed by atoms with E-state index in [1.165, 1.54) is 19.3 Å². The van der Waals surface area contributed by atoms with E-state index in [0.29, 0.717) is 11.5 Å². The molecule has 0 bridgehead atoms. The summed E-state index contributed by atoms with van der Waals surface area (Å²) in [7, 11) is 0. The van der Waals surface area contributed by atoms with Gasteiger partial charge in [0.05, 0.1) is 0 Å². The average molecular weight is 256 g/mol. The smallest absolute Gasteiger partial charge is 0.249 e. The molecule has 1 rings (SSSR count). The molecule has 0 aromatic heterocycles. The molecule has 2 N–H and O–H groups in total. The molecule has 0 aromatic rings. The summed E-state index contributed by atoms with van der Waals surface area (Å²) in [5.74, 6) is -0.0480. The molecular weight excluding hydrogens is 236 g/mol. The first kappa shape index (κ1) is 14.1. The van der Waals surface area contributed by atoms with Crippen LogP contribution in [0.3, 0.4) is 0 Å². The summed E-state index contributed by atoms with van der Waals surface area (Å²) in [6.45, 7) is 2.17. The maximum atomic E-state index is 11.6. The zero-order valence-corrected chi connectivity index (χ0v) is 11.1. The number of carbonyl (C=O) groups is 2. The highest BCUT2D eigenvalue weighted by atomic mass is 32.1. The molecule has 5 heteroatoms. The van der Waals surface area contributed by atoms with E-state index >= 15 is 0 Å². The number of thiocarbonyl (C=S) groups is 1. The Bertz CT molecular complexity index is 305. The Morgan fingerprint density at radius 1 is 1.29 bits per heavy atom. The van der Waals surface area contributed by atoms with Gasteiger partial charge in [-0.25, -0.2) is 0 Å². The summed E-state index contributed by atoms with van der Waals surface area (Å²) in [6, 6.07) is -0.453. The lowest BCUT2D eigenvalue weighted by atomic mass is 10.0. The molecule has 0 saturated carbocycles. The van der Waals surface area contributed by atoms with Gasteiger partial charge >= 0.3 is 0 Å². The molecular formula is C12H20N2O2S. The molecule has 4 nitrogen and oxygen atoms in total. The lowest BCUT2D eigenvalue weighted by Gasteiger charge is -2.06. The van der Waals surface area contributed by atoms with E-state index in [0.717, 1.165) is 12.8 Å². The van der Waals surface area contributed by atoms with Crippen molar-refractivity contribution in [2.24, 2.45) is 0 Å². The van der Waals surface area contributed by atoms with Crippen molar-refractivity contribution >= 4 is 29.0 Å². The third-order valence-corrected chi connectivity index (χ3v) is 3.07. The number of rotatable bonds is 8. The van der Waals surface area contributed by atoms with E-state index in [2.05, 4.69) is 17.6 Å². The SMILES string of the molecule is CCCCCCCC(=O)CC1NC(=S)NC1=O. The van der Waals surface area contributed by atoms with E-state index < -0.39 is 6.04 Å². The highest BCUT2D eigenvalue weighted by molar-refractivity contribution is 7.80. The van der Waals surface area contributed by atoms with E-state index in [1.54, 1.807) is 0 Å². The van der Waals surface area contributed by atoms with Crippen LogP contribution in [0.2, 0.25) is 0 Å². The molecule has 1 atom stereocenters. The summed E-state index contributed by atoms with van der Waals surface area (Å²) in [5, 5.41) is 5.61. The molecule has 1 amide bonds. The minimum Gasteiger partial charge on any atom is -0.350 e. The Morgan fingerprint density at radius 3 is 2.59 bits per heavy atom. The van der Waals surface area contributed by atoms with Crippen molar-refractivity contribution in [1.82, 2.24) is 10.6 Å². The van der Waals surface area contributed by atoms with Gasteiger partial charge in [-0.3, -0.25) is 9.59 Å². The number of hydrogen-bond acceptors (Lipinski definition) is 3. The van der Waals surface area contributed by atoms with Crippen molar-refractivity contribution in [3.63, 3.8) is 0 Å². The van der Waals surface area contributed by atoms with Gasteiger partial charge in [-0.15, -0.1) is 0 Å². The Kier molecular flexibility index (Phi) is 6.11. The largest absolute Gasteiger partial charge is 0.350 e. The maximum absolute atomic E-state index is 11.6. The fourth-order valence-electron chi connectivity index (χ4n) is 1.86. The fraction of sp³-hybridized carbons (Fsp3) is 0.750. The fourth-order valence-corrected chi connectivity index (χ4v) is 2.10. The average Bonchev–Trinajstić information content (AvgIpc) is 2.57. The molecule has 96 valence electrons. The lowest BCUT2D eigenvalue weighted by Crippen LogP contribution is -2.31. The Balaban J connectivity index is 2.12. The normalized spacial score (nSPS) is 19.0. The first-order chi connectivity index (χ1) is 8.13. The number of ketones is 1. The third-order valence-electron chi connectivity index (χ3n) is 2.85. The summed E-state index contributed by atoms with van der Waals surface area (Å²) in [5.41, 5.74) is 0. The van der Waals surface area contributed by atoms with Gasteiger partial charge in [-0.1, -0.05) is 32.6 Å². The van der Waals surface area contributed by atoms with Crippen LogP contribution in [0.15, 0.2) is 0 Å². The molecule has 1 unspecified atom stereocenters. The summed E-state index contributed by atoms with van der Waals surface area (Å²) in [6.07, 6.45) is 6.48. The summed E-state index contributed by atoms with van der Waals surface area (Å²) < 4.78 is 0. The van der Waals surface area contributed by atoms with Gasteiger partial charge in [0.25, 0.3) is 0 Å². The predicted octanol–water partition coefficient (Wildman–Crippen LogP) is 1.68. The van der Waals surface area contributed by atoms with E-state index in [-0.39, 0.29) is 18.1 Å². The molecule has 1 fully saturated rings. The Hall–Kier alpha value is -0.970. The highest BCUT2D eigenvalue weighted by Gasteiger charge is 2.28. The van der Waals surface area contributed by atoms with Crippen LogP contribution in [-0.2, 0) is 9.59 Å². The van der Waals surface area contributed by atoms with Crippen LogP contribution < -0.4 is 10.6 Å². The second-order valence-electron chi connectivity index (χ2n) is 4.42. The van der Waals surface area contributed by atoms with Crippen LogP contribution in [0.5, 0.6) is 0 Å². The predicted molar refractivity (Wildman–Crippen MR) is 70.7 cm³/mol. The van der Waals surface area contributed by atoms with Gasteiger partial charge in [0.1, 0.15) is 11.8 Å². The first-order valence-electron chi connectivity index (χ1n) is 6.26.